The van der Waals surface area contributed by atoms with Crippen LogP contribution in [0.25, 0.3) is 0 Å². The van der Waals surface area contributed by atoms with Crippen molar-refractivity contribution in [3.63, 3.8) is 0 Å². The Balaban J connectivity index is 2.03. The van der Waals surface area contributed by atoms with Gasteiger partial charge in [0.05, 0.1) is 34.6 Å². The molecule has 0 unspecified atom stereocenters. The van der Waals surface area contributed by atoms with E-state index in [9.17, 15) is 26.4 Å². The van der Waals surface area contributed by atoms with E-state index in [4.69, 9.17) is 5.11 Å². The van der Waals surface area contributed by atoms with Crippen molar-refractivity contribution in [2.45, 2.75) is 6.18 Å². The van der Waals surface area contributed by atoms with Crippen molar-refractivity contribution in [2.24, 2.45) is 0 Å². The van der Waals surface area contributed by atoms with Gasteiger partial charge in [-0.3, -0.25) is 9.03 Å². The van der Waals surface area contributed by atoms with Crippen LogP contribution in [0, 0.1) is 0 Å². The number of hydrogen-bond acceptors (Lipinski definition) is 6. The van der Waals surface area contributed by atoms with Crippen LogP contribution in [0.5, 0.6) is 0 Å². The normalized spacial score (nSPS) is 16.5. The number of nitrogens with one attached hydrogen (secondary N) is 2. The molecule has 2 aliphatic rings. The molecule has 0 aliphatic carbocycles. The Morgan fingerprint density at radius 1 is 1.31 bits per heavy atom. The third-order valence-electron chi connectivity index (χ3n) is 3.42. The molecule has 3 N–H and O–H groups in total. The van der Waals surface area contributed by atoms with E-state index in [1.807, 2.05) is 4.72 Å². The van der Waals surface area contributed by atoms with E-state index < -0.39 is 39.0 Å². The van der Waals surface area contributed by atoms with Crippen LogP contribution in [0.3, 0.4) is 0 Å². The van der Waals surface area contributed by atoms with Crippen LogP contribution in [-0.2, 0) is 16.2 Å². The van der Waals surface area contributed by atoms with E-state index in [0.29, 0.717) is 18.2 Å². The van der Waals surface area contributed by atoms with Gasteiger partial charge in [0.1, 0.15) is 4.91 Å². The second kappa shape index (κ2) is 6.29. The fourth-order valence-electron chi connectivity index (χ4n) is 2.25. The molecule has 0 amide bonds. The lowest BCUT2D eigenvalue weighted by Crippen LogP contribution is -2.23. The summed E-state index contributed by atoms with van der Waals surface area (Å²) in [6.45, 7) is 0. The average molecular weight is 405 g/mol. The zero-order valence-electron chi connectivity index (χ0n) is 12.6. The van der Waals surface area contributed by atoms with Gasteiger partial charge in [-0.1, -0.05) is 0 Å². The van der Waals surface area contributed by atoms with Gasteiger partial charge in [-0.05, 0) is 30.4 Å². The summed E-state index contributed by atoms with van der Waals surface area (Å²) in [6, 6.07) is 1.73. The van der Waals surface area contributed by atoms with Crippen LogP contribution in [0.15, 0.2) is 53.4 Å². The second-order valence-electron chi connectivity index (χ2n) is 5.11. The lowest BCUT2D eigenvalue weighted by molar-refractivity contribution is -0.137. The number of rotatable bonds is 4. The SMILES string of the molecule is O=C(O)c1ccc(C(F)(F)F)cc1NS(=O)(=O)C1=CC=CN2SNC=C12. The topological polar surface area (TPSA) is 98.7 Å². The van der Waals surface area contributed by atoms with Crippen LogP contribution in [0.2, 0.25) is 0 Å². The maximum absolute atomic E-state index is 12.9. The molecule has 0 spiro atoms. The monoisotopic (exact) mass is 405 g/mol. The van der Waals surface area contributed by atoms with E-state index in [-0.39, 0.29) is 10.6 Å². The molecule has 0 saturated carbocycles. The first kappa shape index (κ1) is 18.2. The molecule has 2 aliphatic heterocycles. The Morgan fingerprint density at radius 2 is 2.04 bits per heavy atom. The molecule has 0 aromatic heterocycles. The summed E-state index contributed by atoms with van der Waals surface area (Å²) >= 11 is 1.09. The number of aromatic carboxylic acids is 1. The summed E-state index contributed by atoms with van der Waals surface area (Å²) in [5, 5.41) is 9.14. The smallest absolute Gasteiger partial charge is 0.416 e. The summed E-state index contributed by atoms with van der Waals surface area (Å²) < 4.78 is 70.1. The van der Waals surface area contributed by atoms with Crippen molar-refractivity contribution in [3.05, 3.63) is 64.5 Å². The molecule has 0 saturated heterocycles. The summed E-state index contributed by atoms with van der Waals surface area (Å²) in [5.74, 6) is -1.56. The summed E-state index contributed by atoms with van der Waals surface area (Å²) in [6.07, 6.45) is 0.934. The van der Waals surface area contributed by atoms with Gasteiger partial charge in [0.25, 0.3) is 10.0 Å². The van der Waals surface area contributed by atoms with Gasteiger partial charge in [0, 0.05) is 12.4 Å². The van der Waals surface area contributed by atoms with Crippen LogP contribution in [0.1, 0.15) is 15.9 Å². The van der Waals surface area contributed by atoms with Gasteiger partial charge in [-0.15, -0.1) is 0 Å². The molecule has 0 bridgehead atoms. The average Bonchev–Trinajstić information content (AvgIpc) is 3.01. The molecule has 0 radical (unpaired) electrons. The quantitative estimate of drug-likeness (QED) is 0.663. The van der Waals surface area contributed by atoms with E-state index in [1.54, 1.807) is 6.20 Å². The number of hydrogen-bond donors (Lipinski definition) is 3. The zero-order valence-corrected chi connectivity index (χ0v) is 14.2. The van der Waals surface area contributed by atoms with Gasteiger partial charge in [0.2, 0.25) is 0 Å². The van der Waals surface area contributed by atoms with Crippen LogP contribution >= 0.6 is 12.1 Å². The van der Waals surface area contributed by atoms with Crippen LogP contribution < -0.4 is 9.44 Å². The summed E-state index contributed by atoms with van der Waals surface area (Å²) in [5.41, 5.74) is -2.18. The lowest BCUT2D eigenvalue weighted by Gasteiger charge is -2.21. The minimum Gasteiger partial charge on any atom is -0.478 e. The van der Waals surface area contributed by atoms with Crippen molar-refractivity contribution in [2.75, 3.05) is 4.72 Å². The van der Waals surface area contributed by atoms with E-state index in [0.717, 1.165) is 12.1 Å². The molecule has 26 heavy (non-hydrogen) atoms. The highest BCUT2D eigenvalue weighted by Crippen LogP contribution is 2.36. The van der Waals surface area contributed by atoms with Crippen molar-refractivity contribution < 1.29 is 31.5 Å². The molecule has 1 aromatic rings. The first-order valence-corrected chi connectivity index (χ1v) is 9.13. The lowest BCUT2D eigenvalue weighted by atomic mass is 10.1. The van der Waals surface area contributed by atoms with Gasteiger partial charge < -0.3 is 9.83 Å². The van der Waals surface area contributed by atoms with Crippen molar-refractivity contribution >= 4 is 33.8 Å². The predicted molar refractivity (Wildman–Crippen MR) is 88.8 cm³/mol. The largest absolute Gasteiger partial charge is 0.478 e. The van der Waals surface area contributed by atoms with E-state index in [1.165, 1.54) is 22.7 Å². The number of nitrogens with zero attached hydrogens (tertiary/aromatic N) is 1. The number of sulfonamides is 1. The minimum absolute atomic E-state index is 0.216. The number of allylic oxidation sites excluding steroid dienone is 2. The zero-order chi connectivity index (χ0) is 19.1. The molecule has 1 aromatic carbocycles. The first-order chi connectivity index (χ1) is 12.1. The highest BCUT2D eigenvalue weighted by atomic mass is 32.2. The number of alkyl halides is 3. The van der Waals surface area contributed by atoms with Crippen molar-refractivity contribution in [1.29, 1.82) is 0 Å². The number of anilines is 1. The van der Waals surface area contributed by atoms with E-state index >= 15 is 0 Å². The number of carbonyl (C=O) groups is 1. The molecule has 3 rings (SSSR count). The molecule has 7 nitrogen and oxygen atoms in total. The third kappa shape index (κ3) is 3.37. The maximum atomic E-state index is 12.9. The highest BCUT2D eigenvalue weighted by molar-refractivity contribution is 7.97. The second-order valence-corrected chi connectivity index (χ2v) is 7.57. The van der Waals surface area contributed by atoms with E-state index in [2.05, 4.69) is 4.72 Å². The number of fused-ring (bicyclic) bond motifs is 1. The summed E-state index contributed by atoms with van der Waals surface area (Å²) in [4.78, 5) is 11.0. The summed E-state index contributed by atoms with van der Waals surface area (Å²) in [7, 11) is -4.34. The predicted octanol–water partition coefficient (Wildman–Crippen LogP) is 2.87. The minimum atomic E-state index is -4.75. The number of halogens is 3. The molecule has 12 heteroatoms. The number of carboxylic acids is 1. The van der Waals surface area contributed by atoms with Crippen molar-refractivity contribution in [3.8, 4) is 0 Å². The maximum Gasteiger partial charge on any atom is 0.416 e. The molecule has 0 fully saturated rings. The highest BCUT2D eigenvalue weighted by Gasteiger charge is 2.34. The molecule has 0 atom stereocenters. The Hall–Kier alpha value is -2.60. The number of benzene rings is 1. The van der Waals surface area contributed by atoms with Gasteiger partial charge >= 0.3 is 12.1 Å². The Kier molecular flexibility index (Phi) is 4.40. The Morgan fingerprint density at radius 3 is 2.69 bits per heavy atom. The Bertz CT molecular complexity index is 968. The fraction of sp³-hybridized carbons (Fsp3) is 0.0714. The fourth-order valence-corrected chi connectivity index (χ4v) is 4.23. The number of carboxylic acid groups (broad SMARTS) is 1. The first-order valence-electron chi connectivity index (χ1n) is 6.88. The molecular formula is C14H10F3N3O4S2. The molecule has 2 heterocycles. The third-order valence-corrected chi connectivity index (χ3v) is 5.57. The van der Waals surface area contributed by atoms with Crippen molar-refractivity contribution in [1.82, 2.24) is 9.03 Å². The molecule has 138 valence electrons. The van der Waals surface area contributed by atoms with Gasteiger partial charge in [0.15, 0.2) is 0 Å². The van der Waals surface area contributed by atoms with Crippen LogP contribution in [0.4, 0.5) is 18.9 Å². The Labute approximate surface area is 150 Å². The van der Waals surface area contributed by atoms with Gasteiger partial charge in [-0.2, -0.15) is 13.2 Å². The van der Waals surface area contributed by atoms with Gasteiger partial charge in [-0.25, -0.2) is 13.2 Å². The standard InChI is InChI=1S/C14H10F3N3O4S2/c15-14(16,17)8-3-4-9(13(21)22)10(6-8)19-26(23,24)12-2-1-5-20-11(12)7-18-25-20/h1-7,18-19H,(H,21,22). The molecular weight excluding hydrogens is 395 g/mol. The van der Waals surface area contributed by atoms with Crippen LogP contribution in [-0.4, -0.2) is 23.8 Å².